The van der Waals surface area contributed by atoms with Gasteiger partial charge in [-0.3, -0.25) is 4.79 Å². The number of hydrogen-bond donors (Lipinski definition) is 3. The molecule has 0 unspecified atom stereocenters. The van der Waals surface area contributed by atoms with Crippen LogP contribution >= 0.6 is 0 Å². The molecule has 0 aliphatic carbocycles. The van der Waals surface area contributed by atoms with E-state index in [1.54, 1.807) is 19.2 Å². The van der Waals surface area contributed by atoms with Crippen LogP contribution in [0.2, 0.25) is 0 Å². The number of benzene rings is 2. The first-order chi connectivity index (χ1) is 12.7. The molecule has 3 atom stereocenters. The smallest absolute Gasteiger partial charge is 0.251 e. The van der Waals surface area contributed by atoms with Gasteiger partial charge in [0.15, 0.2) is 0 Å². The van der Waals surface area contributed by atoms with E-state index in [1.807, 2.05) is 42.5 Å². The Labute approximate surface area is 153 Å². The van der Waals surface area contributed by atoms with Crippen LogP contribution in [0.1, 0.15) is 15.9 Å². The average molecular weight is 356 g/mol. The predicted octanol–water partition coefficient (Wildman–Crippen LogP) is 1.34. The molecule has 3 rings (SSSR count). The van der Waals surface area contributed by atoms with Gasteiger partial charge >= 0.3 is 0 Å². The van der Waals surface area contributed by atoms with Crippen molar-refractivity contribution >= 4 is 5.91 Å². The Hall–Kier alpha value is -2.41. The first-order valence-electron chi connectivity index (χ1n) is 8.66. The van der Waals surface area contributed by atoms with Crippen molar-refractivity contribution in [2.45, 2.75) is 24.8 Å². The topological polar surface area (TPSA) is 79.8 Å². The third-order valence-electron chi connectivity index (χ3n) is 4.51. The molecule has 3 N–H and O–H groups in total. The summed E-state index contributed by atoms with van der Waals surface area (Å²) in [5, 5.41) is 16.6. The second kappa shape index (κ2) is 8.80. The Morgan fingerprint density at radius 2 is 1.92 bits per heavy atom. The van der Waals surface area contributed by atoms with Gasteiger partial charge in [0.2, 0.25) is 0 Å². The van der Waals surface area contributed by atoms with E-state index in [2.05, 4.69) is 10.6 Å². The van der Waals surface area contributed by atoms with E-state index in [4.69, 9.17) is 9.47 Å². The summed E-state index contributed by atoms with van der Waals surface area (Å²) in [6.45, 7) is 1.30. The Kier molecular flexibility index (Phi) is 6.22. The number of nitrogens with one attached hydrogen (secondary N) is 2. The van der Waals surface area contributed by atoms with Gasteiger partial charge in [0.1, 0.15) is 11.9 Å². The van der Waals surface area contributed by atoms with Crippen LogP contribution in [-0.2, 0) is 11.3 Å². The van der Waals surface area contributed by atoms with Gasteiger partial charge in [-0.25, -0.2) is 0 Å². The van der Waals surface area contributed by atoms with Gasteiger partial charge in [0.05, 0.1) is 25.9 Å². The van der Waals surface area contributed by atoms with Gasteiger partial charge in [-0.05, 0) is 29.8 Å². The summed E-state index contributed by atoms with van der Waals surface area (Å²) in [5.74, 6) is 0.642. The van der Waals surface area contributed by atoms with Gasteiger partial charge in [0, 0.05) is 18.7 Å². The van der Waals surface area contributed by atoms with Crippen LogP contribution in [0.25, 0.3) is 0 Å². The van der Waals surface area contributed by atoms with Crippen LogP contribution in [0.15, 0.2) is 54.6 Å². The minimum atomic E-state index is -0.677. The number of aliphatic hydroxyl groups excluding tert-OH is 1. The van der Waals surface area contributed by atoms with Crippen molar-refractivity contribution in [3.05, 3.63) is 65.7 Å². The highest BCUT2D eigenvalue weighted by atomic mass is 16.5. The highest BCUT2D eigenvalue weighted by Crippen LogP contribution is 2.16. The molecule has 1 fully saturated rings. The monoisotopic (exact) mass is 356 g/mol. The van der Waals surface area contributed by atoms with Crippen LogP contribution in [0.3, 0.4) is 0 Å². The molecule has 1 amide bonds. The maximum Gasteiger partial charge on any atom is 0.251 e. The van der Waals surface area contributed by atoms with E-state index < -0.39 is 12.2 Å². The Morgan fingerprint density at radius 1 is 1.19 bits per heavy atom. The molecule has 1 aliphatic rings. The van der Waals surface area contributed by atoms with Gasteiger partial charge in [-0.1, -0.05) is 30.3 Å². The lowest BCUT2D eigenvalue weighted by Crippen LogP contribution is -2.44. The van der Waals surface area contributed by atoms with E-state index in [-0.39, 0.29) is 18.5 Å². The molecule has 0 aromatic heterocycles. The maximum atomic E-state index is 12.1. The van der Waals surface area contributed by atoms with Gasteiger partial charge in [-0.15, -0.1) is 0 Å². The molecule has 2 aromatic rings. The second-order valence-electron chi connectivity index (χ2n) is 6.27. The normalized spacial score (nSPS) is 22.2. The molecule has 1 heterocycles. The molecular formula is C20H24N2O4. The minimum Gasteiger partial charge on any atom is -0.497 e. The standard InChI is InChI=1S/C20H24N2O4/c1-25-16-9-7-14(8-10-16)11-21-17-13-26-18(19(17)23)12-22-20(24)15-5-3-2-4-6-15/h2-10,17-19,21,23H,11-13H2,1H3,(H,22,24)/t17-,18-,19+/m1/s1. The van der Waals surface area contributed by atoms with E-state index in [1.165, 1.54) is 0 Å². The zero-order valence-electron chi connectivity index (χ0n) is 14.7. The lowest BCUT2D eigenvalue weighted by atomic mass is 10.1. The third kappa shape index (κ3) is 4.60. The van der Waals surface area contributed by atoms with Crippen molar-refractivity contribution in [3.8, 4) is 5.75 Å². The Balaban J connectivity index is 1.45. The van der Waals surface area contributed by atoms with Crippen LogP contribution in [-0.4, -0.2) is 49.5 Å². The Bertz CT molecular complexity index is 706. The summed E-state index contributed by atoms with van der Waals surface area (Å²) < 4.78 is 10.8. The molecule has 6 nitrogen and oxygen atoms in total. The molecule has 1 aliphatic heterocycles. The summed E-state index contributed by atoms with van der Waals surface area (Å²) >= 11 is 0. The molecular weight excluding hydrogens is 332 g/mol. The van der Waals surface area contributed by atoms with E-state index in [9.17, 15) is 9.90 Å². The molecule has 26 heavy (non-hydrogen) atoms. The lowest BCUT2D eigenvalue weighted by Gasteiger charge is -2.19. The number of ether oxygens (including phenoxy) is 2. The van der Waals surface area contributed by atoms with Gasteiger partial charge in [-0.2, -0.15) is 0 Å². The fraction of sp³-hybridized carbons (Fsp3) is 0.350. The largest absolute Gasteiger partial charge is 0.497 e. The number of hydrogen-bond acceptors (Lipinski definition) is 5. The second-order valence-corrected chi connectivity index (χ2v) is 6.27. The van der Waals surface area contributed by atoms with Crippen molar-refractivity contribution in [2.75, 3.05) is 20.3 Å². The van der Waals surface area contributed by atoms with Gasteiger partial charge in [0.25, 0.3) is 5.91 Å². The molecule has 0 bridgehead atoms. The minimum absolute atomic E-state index is 0.170. The number of rotatable bonds is 7. The zero-order valence-corrected chi connectivity index (χ0v) is 14.7. The van der Waals surface area contributed by atoms with Crippen LogP contribution in [0, 0.1) is 0 Å². The summed E-state index contributed by atoms with van der Waals surface area (Å²) in [6, 6.07) is 16.6. The number of carbonyl (C=O) groups excluding carboxylic acids is 1. The third-order valence-corrected chi connectivity index (χ3v) is 4.51. The molecule has 0 spiro atoms. The Morgan fingerprint density at radius 3 is 2.62 bits per heavy atom. The van der Waals surface area contributed by atoms with Crippen LogP contribution in [0.5, 0.6) is 5.75 Å². The van der Waals surface area contributed by atoms with Crippen molar-refractivity contribution in [1.29, 1.82) is 0 Å². The zero-order chi connectivity index (χ0) is 18.4. The average Bonchev–Trinajstić information content (AvgIpc) is 3.05. The molecule has 1 saturated heterocycles. The highest BCUT2D eigenvalue weighted by Gasteiger charge is 2.35. The lowest BCUT2D eigenvalue weighted by molar-refractivity contribution is 0.0398. The first-order valence-corrected chi connectivity index (χ1v) is 8.66. The summed E-state index contributed by atoms with van der Waals surface area (Å²) in [5.41, 5.74) is 1.69. The van der Waals surface area contributed by atoms with Crippen molar-refractivity contribution in [3.63, 3.8) is 0 Å². The highest BCUT2D eigenvalue weighted by molar-refractivity contribution is 5.94. The summed E-state index contributed by atoms with van der Waals surface area (Å²) in [4.78, 5) is 12.1. The van der Waals surface area contributed by atoms with Crippen molar-refractivity contribution in [2.24, 2.45) is 0 Å². The van der Waals surface area contributed by atoms with Crippen molar-refractivity contribution in [1.82, 2.24) is 10.6 Å². The molecule has 0 radical (unpaired) electrons. The van der Waals surface area contributed by atoms with Crippen molar-refractivity contribution < 1.29 is 19.4 Å². The van der Waals surface area contributed by atoms with E-state index >= 15 is 0 Å². The first kappa shape index (κ1) is 18.4. The summed E-state index contributed by atoms with van der Waals surface area (Å²) in [7, 11) is 1.64. The number of amides is 1. The van der Waals surface area contributed by atoms with E-state index in [0.717, 1.165) is 11.3 Å². The van der Waals surface area contributed by atoms with Crippen LogP contribution in [0.4, 0.5) is 0 Å². The predicted molar refractivity (Wildman–Crippen MR) is 98.1 cm³/mol. The number of methoxy groups -OCH3 is 1. The van der Waals surface area contributed by atoms with Crippen LogP contribution < -0.4 is 15.4 Å². The quantitative estimate of drug-likeness (QED) is 0.698. The number of aliphatic hydroxyl groups is 1. The molecule has 2 aromatic carbocycles. The molecule has 0 saturated carbocycles. The van der Waals surface area contributed by atoms with Gasteiger partial charge < -0.3 is 25.2 Å². The molecule has 138 valence electrons. The molecule has 6 heteroatoms. The fourth-order valence-corrected chi connectivity index (χ4v) is 2.92. The SMILES string of the molecule is COc1ccc(CN[C@@H]2CO[C@H](CNC(=O)c3ccccc3)[C@H]2O)cc1. The fourth-order valence-electron chi connectivity index (χ4n) is 2.92. The maximum absolute atomic E-state index is 12.1. The number of carbonyl (C=O) groups is 1. The summed E-state index contributed by atoms with van der Waals surface area (Å²) in [6.07, 6.45) is -1.10. The van der Waals surface area contributed by atoms with E-state index in [0.29, 0.717) is 18.7 Å².